The monoisotopic (exact) mass is 399 g/mol. The van der Waals surface area contributed by atoms with Crippen LogP contribution in [0.4, 0.5) is 0 Å². The molecule has 5 heteroatoms. The van der Waals surface area contributed by atoms with Gasteiger partial charge in [0.05, 0.1) is 19.1 Å². The van der Waals surface area contributed by atoms with Gasteiger partial charge in [-0.05, 0) is 48.2 Å². The fraction of sp³-hybridized carbons (Fsp3) is 0.348. The van der Waals surface area contributed by atoms with Gasteiger partial charge in [-0.15, -0.1) is 0 Å². The zero-order chi connectivity index (χ0) is 19.8. The quantitative estimate of drug-likeness (QED) is 0.660. The van der Waals surface area contributed by atoms with Crippen molar-refractivity contribution in [3.8, 4) is 0 Å². The zero-order valence-corrected chi connectivity index (χ0v) is 16.6. The Labute approximate surface area is 171 Å². The molecule has 0 spiro atoms. The molecule has 0 unspecified atom stereocenters. The molecule has 4 nitrogen and oxygen atoms in total. The van der Waals surface area contributed by atoms with Crippen molar-refractivity contribution in [1.82, 2.24) is 4.90 Å². The Morgan fingerprint density at radius 2 is 1.96 bits per heavy atom. The number of carbonyl (C=O) groups is 1. The number of nitrogens with zero attached hydrogens (tertiary/aromatic N) is 1. The number of benzene rings is 2. The van der Waals surface area contributed by atoms with Crippen LogP contribution in [0.15, 0.2) is 60.7 Å². The average molecular weight is 400 g/mol. The van der Waals surface area contributed by atoms with E-state index in [9.17, 15) is 9.90 Å². The topological polar surface area (TPSA) is 49.8 Å². The van der Waals surface area contributed by atoms with Gasteiger partial charge in [-0.25, -0.2) is 0 Å². The number of carboxylic acids is 1. The third kappa shape index (κ3) is 5.93. The van der Waals surface area contributed by atoms with Gasteiger partial charge >= 0.3 is 5.97 Å². The van der Waals surface area contributed by atoms with E-state index in [4.69, 9.17) is 16.3 Å². The maximum absolute atomic E-state index is 11.2. The number of piperidine rings is 1. The SMILES string of the molecule is O=C(O)[C@@H]1CCCN(CCOCC=C(c2ccccc2)c2cccc(Cl)c2)C1. The zero-order valence-electron chi connectivity index (χ0n) is 15.9. The molecule has 1 fully saturated rings. The molecule has 1 atom stereocenters. The standard InChI is InChI=1S/C23H26ClNO3/c24-21-10-4-8-19(16-21)22(18-6-2-1-3-7-18)11-14-28-15-13-25-12-5-9-20(17-25)23(26)27/h1-4,6-8,10-11,16,20H,5,9,12-15,17H2,(H,26,27)/t20-/m1/s1. The second kappa shape index (κ2) is 10.4. The van der Waals surface area contributed by atoms with Gasteiger partial charge in [0.15, 0.2) is 0 Å². The summed E-state index contributed by atoms with van der Waals surface area (Å²) in [5, 5.41) is 9.89. The van der Waals surface area contributed by atoms with Gasteiger partial charge in [0.2, 0.25) is 0 Å². The molecule has 28 heavy (non-hydrogen) atoms. The number of halogens is 1. The molecule has 1 aliphatic heterocycles. The van der Waals surface area contributed by atoms with Crippen molar-refractivity contribution in [1.29, 1.82) is 0 Å². The number of hydrogen-bond donors (Lipinski definition) is 1. The van der Waals surface area contributed by atoms with E-state index in [-0.39, 0.29) is 5.92 Å². The van der Waals surface area contributed by atoms with Crippen LogP contribution in [0.1, 0.15) is 24.0 Å². The maximum Gasteiger partial charge on any atom is 0.307 e. The van der Waals surface area contributed by atoms with Crippen molar-refractivity contribution in [3.05, 3.63) is 76.8 Å². The van der Waals surface area contributed by atoms with Crippen LogP contribution in [0.3, 0.4) is 0 Å². The second-order valence-corrected chi connectivity index (χ2v) is 7.48. The lowest BCUT2D eigenvalue weighted by Crippen LogP contribution is -2.40. The minimum atomic E-state index is -0.692. The molecule has 0 radical (unpaired) electrons. The minimum Gasteiger partial charge on any atom is -0.481 e. The lowest BCUT2D eigenvalue weighted by atomic mass is 9.98. The van der Waals surface area contributed by atoms with Crippen LogP contribution in [0, 0.1) is 5.92 Å². The number of carboxylic acid groups (broad SMARTS) is 1. The average Bonchev–Trinajstić information content (AvgIpc) is 2.71. The van der Waals surface area contributed by atoms with E-state index in [1.54, 1.807) is 0 Å². The molecule has 0 aromatic heterocycles. The lowest BCUT2D eigenvalue weighted by Gasteiger charge is -2.30. The molecule has 1 saturated heterocycles. The highest BCUT2D eigenvalue weighted by molar-refractivity contribution is 6.30. The van der Waals surface area contributed by atoms with Gasteiger partial charge in [0.1, 0.15) is 0 Å². The van der Waals surface area contributed by atoms with E-state index in [0.717, 1.165) is 42.6 Å². The Kier molecular flexibility index (Phi) is 7.66. The summed E-state index contributed by atoms with van der Waals surface area (Å²) in [6.07, 6.45) is 3.79. The van der Waals surface area contributed by atoms with Crippen LogP contribution >= 0.6 is 11.6 Å². The van der Waals surface area contributed by atoms with Gasteiger partial charge in [-0.3, -0.25) is 4.79 Å². The summed E-state index contributed by atoms with van der Waals surface area (Å²) < 4.78 is 5.84. The van der Waals surface area contributed by atoms with E-state index in [1.165, 1.54) is 0 Å². The van der Waals surface area contributed by atoms with Crippen molar-refractivity contribution in [3.63, 3.8) is 0 Å². The summed E-state index contributed by atoms with van der Waals surface area (Å²) in [6.45, 7) is 3.40. The van der Waals surface area contributed by atoms with E-state index in [1.807, 2.05) is 42.5 Å². The predicted molar refractivity (Wildman–Crippen MR) is 113 cm³/mol. The Morgan fingerprint density at radius 3 is 2.71 bits per heavy atom. The smallest absolute Gasteiger partial charge is 0.307 e. The molecule has 2 aromatic carbocycles. The molecule has 3 rings (SSSR count). The Bertz CT molecular complexity index is 807. The van der Waals surface area contributed by atoms with Crippen LogP contribution < -0.4 is 0 Å². The molecular formula is C23H26ClNO3. The van der Waals surface area contributed by atoms with Crippen molar-refractivity contribution >= 4 is 23.1 Å². The van der Waals surface area contributed by atoms with Gasteiger partial charge in [0.25, 0.3) is 0 Å². The maximum atomic E-state index is 11.2. The van der Waals surface area contributed by atoms with Gasteiger partial charge in [0, 0.05) is 18.1 Å². The van der Waals surface area contributed by atoms with Crippen LogP contribution in [0.2, 0.25) is 5.02 Å². The van der Waals surface area contributed by atoms with Crippen molar-refractivity contribution in [2.75, 3.05) is 32.8 Å². The van der Waals surface area contributed by atoms with E-state index in [0.29, 0.717) is 24.8 Å². The number of rotatable bonds is 8. The van der Waals surface area contributed by atoms with Crippen molar-refractivity contribution in [2.24, 2.45) is 5.92 Å². The highest BCUT2D eigenvalue weighted by Crippen LogP contribution is 2.25. The van der Waals surface area contributed by atoms with Gasteiger partial charge in [-0.2, -0.15) is 0 Å². The Balaban J connectivity index is 1.57. The Morgan fingerprint density at radius 1 is 1.18 bits per heavy atom. The molecule has 1 aliphatic rings. The predicted octanol–water partition coefficient (Wildman–Crippen LogP) is 4.58. The first kappa shape index (κ1) is 20.6. The summed E-state index contributed by atoms with van der Waals surface area (Å²) in [5.41, 5.74) is 3.27. The van der Waals surface area contributed by atoms with Gasteiger partial charge < -0.3 is 14.7 Å². The number of aliphatic carboxylic acids is 1. The first-order chi connectivity index (χ1) is 13.6. The molecule has 1 heterocycles. The Hall–Kier alpha value is -2.14. The second-order valence-electron chi connectivity index (χ2n) is 7.05. The number of ether oxygens (including phenoxy) is 1. The van der Waals surface area contributed by atoms with Crippen LogP contribution in [-0.4, -0.2) is 48.8 Å². The van der Waals surface area contributed by atoms with E-state index >= 15 is 0 Å². The third-order valence-electron chi connectivity index (χ3n) is 5.03. The molecular weight excluding hydrogens is 374 g/mol. The largest absolute Gasteiger partial charge is 0.481 e. The van der Waals surface area contributed by atoms with E-state index in [2.05, 4.69) is 23.1 Å². The molecule has 2 aromatic rings. The summed E-state index contributed by atoms with van der Waals surface area (Å²) in [7, 11) is 0. The molecule has 0 saturated carbocycles. The summed E-state index contributed by atoms with van der Waals surface area (Å²) in [6, 6.07) is 18.0. The number of hydrogen-bond acceptors (Lipinski definition) is 3. The van der Waals surface area contributed by atoms with Crippen LogP contribution in [0.25, 0.3) is 5.57 Å². The number of likely N-dealkylation sites (tertiary alicyclic amines) is 1. The van der Waals surface area contributed by atoms with Gasteiger partial charge in [-0.1, -0.05) is 60.1 Å². The first-order valence-electron chi connectivity index (χ1n) is 9.68. The lowest BCUT2D eigenvalue weighted by molar-refractivity contribution is -0.143. The summed E-state index contributed by atoms with van der Waals surface area (Å²) >= 11 is 6.17. The first-order valence-corrected chi connectivity index (χ1v) is 10.1. The highest BCUT2D eigenvalue weighted by atomic mass is 35.5. The van der Waals surface area contributed by atoms with Crippen molar-refractivity contribution < 1.29 is 14.6 Å². The van der Waals surface area contributed by atoms with Crippen LogP contribution in [0.5, 0.6) is 0 Å². The molecule has 0 aliphatic carbocycles. The molecule has 1 N–H and O–H groups in total. The van der Waals surface area contributed by atoms with Crippen LogP contribution in [-0.2, 0) is 9.53 Å². The minimum absolute atomic E-state index is 0.249. The fourth-order valence-corrected chi connectivity index (χ4v) is 3.75. The normalized spacial score (nSPS) is 18.2. The van der Waals surface area contributed by atoms with E-state index < -0.39 is 5.97 Å². The molecule has 0 amide bonds. The fourth-order valence-electron chi connectivity index (χ4n) is 3.56. The van der Waals surface area contributed by atoms with Crippen molar-refractivity contribution in [2.45, 2.75) is 12.8 Å². The molecule has 148 valence electrons. The summed E-state index contributed by atoms with van der Waals surface area (Å²) in [4.78, 5) is 13.4. The summed E-state index contributed by atoms with van der Waals surface area (Å²) in [5.74, 6) is -0.941. The molecule has 0 bridgehead atoms. The third-order valence-corrected chi connectivity index (χ3v) is 5.27. The highest BCUT2D eigenvalue weighted by Gasteiger charge is 2.24.